The van der Waals surface area contributed by atoms with E-state index in [-0.39, 0.29) is 0 Å². The van der Waals surface area contributed by atoms with E-state index in [2.05, 4.69) is 15.4 Å². The van der Waals surface area contributed by atoms with Gasteiger partial charge in [-0.05, 0) is 13.0 Å². The lowest BCUT2D eigenvalue weighted by molar-refractivity contribution is 0.196. The van der Waals surface area contributed by atoms with Crippen molar-refractivity contribution >= 4 is 11.8 Å². The second kappa shape index (κ2) is 7.34. The fourth-order valence-electron chi connectivity index (χ4n) is 1.26. The molecule has 0 saturated carbocycles. The van der Waals surface area contributed by atoms with Crippen LogP contribution in [0.15, 0.2) is 14.7 Å². The lowest BCUT2D eigenvalue weighted by atomic mass is 10.4. The summed E-state index contributed by atoms with van der Waals surface area (Å²) < 4.78 is 1.38. The minimum Gasteiger partial charge on any atom is -0.391 e. The van der Waals surface area contributed by atoms with E-state index in [0.29, 0.717) is 17.5 Å². The molecule has 1 atom stereocenters. The van der Waals surface area contributed by atoms with Gasteiger partial charge in [0.2, 0.25) is 0 Å². The summed E-state index contributed by atoms with van der Waals surface area (Å²) in [6.07, 6.45) is 0.487. The Bertz CT molecular complexity index is 485. The third-order valence-electron chi connectivity index (χ3n) is 2.16. The summed E-state index contributed by atoms with van der Waals surface area (Å²) >= 11 is 1.23. The van der Waals surface area contributed by atoms with Crippen LogP contribution in [-0.2, 0) is 7.05 Å². The van der Waals surface area contributed by atoms with E-state index in [1.54, 1.807) is 7.05 Å². The van der Waals surface area contributed by atoms with Crippen molar-refractivity contribution < 1.29 is 5.11 Å². The van der Waals surface area contributed by atoms with Gasteiger partial charge in [-0.3, -0.25) is 19.4 Å². The maximum Gasteiger partial charge on any atom is 0.339 e. The van der Waals surface area contributed by atoms with E-state index in [9.17, 15) is 14.7 Å². The Hall–Kier alpha value is -1.12. The van der Waals surface area contributed by atoms with E-state index in [0.717, 1.165) is 13.0 Å². The molecule has 0 spiro atoms. The molecule has 1 rings (SSSR count). The number of hydrogen-bond acceptors (Lipinski definition) is 6. The minimum atomic E-state index is -0.811. The van der Waals surface area contributed by atoms with Crippen molar-refractivity contribution in [3.05, 3.63) is 20.7 Å². The first-order valence-corrected chi connectivity index (χ1v) is 6.72. The topological polar surface area (TPSA) is 100 Å². The number of hydrogen-bond donors (Lipinski definition) is 3. The van der Waals surface area contributed by atoms with E-state index < -0.39 is 17.2 Å². The van der Waals surface area contributed by atoms with Crippen LogP contribution in [0.5, 0.6) is 0 Å². The van der Waals surface area contributed by atoms with Crippen molar-refractivity contribution in [3.8, 4) is 0 Å². The number of nitrogens with zero attached hydrogens (tertiary/aromatic N) is 2. The zero-order chi connectivity index (χ0) is 13.5. The number of aryl methyl sites for hydroxylation is 1. The quantitative estimate of drug-likeness (QED) is 0.332. The minimum absolute atomic E-state index is 0.383. The second-order valence-electron chi connectivity index (χ2n) is 3.87. The van der Waals surface area contributed by atoms with Crippen LogP contribution in [0.3, 0.4) is 0 Å². The lowest BCUT2D eigenvalue weighted by Gasteiger charge is -2.11. The first-order valence-electron chi connectivity index (χ1n) is 5.73. The number of aromatic amines is 1. The number of aliphatic hydroxyl groups excluding tert-OH is 1. The molecule has 1 aromatic rings. The number of H-pyrrole nitrogens is 1. The van der Waals surface area contributed by atoms with Gasteiger partial charge in [0.15, 0.2) is 5.16 Å². The van der Waals surface area contributed by atoms with Crippen LogP contribution >= 0.6 is 11.8 Å². The molecular formula is C10H18N4O3S. The Morgan fingerprint density at radius 3 is 2.94 bits per heavy atom. The standard InChI is InChI=1S/C10H18N4O3S/c1-3-4-11-5-7(15)6-18-10-12-8(16)9(17)13-14(10)2/h7,11,15H,3-6H2,1-2H3,(H,13,17). The molecule has 0 amide bonds. The Labute approximate surface area is 109 Å². The molecule has 0 aliphatic carbocycles. The SMILES string of the molecule is CCCNCC(O)CSc1nc(=O)c(=O)[nH]n1C. The molecule has 7 nitrogen and oxygen atoms in total. The summed E-state index contributed by atoms with van der Waals surface area (Å²) in [5.41, 5.74) is -1.55. The fourth-order valence-corrected chi connectivity index (χ4v) is 2.11. The molecule has 8 heteroatoms. The summed E-state index contributed by atoms with van der Waals surface area (Å²) in [5, 5.41) is 15.5. The van der Waals surface area contributed by atoms with Crippen LogP contribution in [0.4, 0.5) is 0 Å². The maximum absolute atomic E-state index is 11.1. The van der Waals surface area contributed by atoms with Crippen LogP contribution in [0.2, 0.25) is 0 Å². The molecule has 0 aliphatic heterocycles. The van der Waals surface area contributed by atoms with Crippen molar-refractivity contribution in [2.24, 2.45) is 7.05 Å². The largest absolute Gasteiger partial charge is 0.391 e. The number of aliphatic hydroxyl groups is 1. The summed E-state index contributed by atoms with van der Waals surface area (Å²) in [6.45, 7) is 3.41. The molecule has 0 saturated heterocycles. The molecular weight excluding hydrogens is 256 g/mol. The van der Waals surface area contributed by atoms with Gasteiger partial charge in [0, 0.05) is 19.3 Å². The van der Waals surface area contributed by atoms with Gasteiger partial charge < -0.3 is 10.4 Å². The van der Waals surface area contributed by atoms with Crippen LogP contribution in [0.25, 0.3) is 0 Å². The lowest BCUT2D eigenvalue weighted by Crippen LogP contribution is -2.34. The first kappa shape index (κ1) is 14.9. The Morgan fingerprint density at radius 1 is 1.56 bits per heavy atom. The average Bonchev–Trinajstić information content (AvgIpc) is 2.32. The second-order valence-corrected chi connectivity index (χ2v) is 4.86. The van der Waals surface area contributed by atoms with Crippen LogP contribution < -0.4 is 16.4 Å². The highest BCUT2D eigenvalue weighted by Crippen LogP contribution is 2.12. The molecule has 18 heavy (non-hydrogen) atoms. The first-order chi connectivity index (χ1) is 8.54. The van der Waals surface area contributed by atoms with Gasteiger partial charge >= 0.3 is 11.1 Å². The van der Waals surface area contributed by atoms with Crippen LogP contribution in [0, 0.1) is 0 Å². The zero-order valence-electron chi connectivity index (χ0n) is 10.5. The monoisotopic (exact) mass is 274 g/mol. The molecule has 0 aliphatic rings. The third kappa shape index (κ3) is 4.63. The Kier molecular flexibility index (Phi) is 6.10. The Morgan fingerprint density at radius 2 is 2.28 bits per heavy atom. The van der Waals surface area contributed by atoms with Gasteiger partial charge in [0.25, 0.3) is 0 Å². The van der Waals surface area contributed by atoms with E-state index in [1.807, 2.05) is 6.92 Å². The summed E-state index contributed by atoms with van der Waals surface area (Å²) in [7, 11) is 1.60. The third-order valence-corrected chi connectivity index (χ3v) is 3.33. The number of rotatable bonds is 7. The van der Waals surface area contributed by atoms with Gasteiger partial charge in [0.05, 0.1) is 6.10 Å². The molecule has 0 radical (unpaired) electrons. The van der Waals surface area contributed by atoms with Crippen LogP contribution in [-0.4, -0.2) is 44.8 Å². The summed E-state index contributed by atoms with van der Waals surface area (Å²) in [6, 6.07) is 0. The fraction of sp³-hybridized carbons (Fsp3) is 0.700. The van der Waals surface area contributed by atoms with Crippen molar-refractivity contribution in [2.75, 3.05) is 18.8 Å². The van der Waals surface area contributed by atoms with Gasteiger partial charge in [-0.15, -0.1) is 0 Å². The van der Waals surface area contributed by atoms with Gasteiger partial charge in [-0.25, -0.2) is 0 Å². The normalized spacial score (nSPS) is 12.6. The summed E-state index contributed by atoms with van der Waals surface area (Å²) in [5.74, 6) is 0.406. The molecule has 0 aromatic carbocycles. The van der Waals surface area contributed by atoms with Gasteiger partial charge in [-0.1, -0.05) is 18.7 Å². The molecule has 3 N–H and O–H groups in total. The smallest absolute Gasteiger partial charge is 0.339 e. The number of aromatic nitrogens is 3. The van der Waals surface area contributed by atoms with Crippen LogP contribution in [0.1, 0.15) is 13.3 Å². The van der Waals surface area contributed by atoms with E-state index in [1.165, 1.54) is 16.4 Å². The van der Waals surface area contributed by atoms with Crippen molar-refractivity contribution in [1.82, 2.24) is 20.1 Å². The van der Waals surface area contributed by atoms with Crippen molar-refractivity contribution in [3.63, 3.8) is 0 Å². The van der Waals surface area contributed by atoms with Gasteiger partial charge in [-0.2, -0.15) is 4.98 Å². The molecule has 0 bridgehead atoms. The molecule has 1 unspecified atom stereocenters. The highest BCUT2D eigenvalue weighted by atomic mass is 32.2. The molecule has 1 aromatic heterocycles. The predicted octanol–water partition coefficient (Wildman–Crippen LogP) is -1.08. The van der Waals surface area contributed by atoms with Crippen molar-refractivity contribution in [2.45, 2.75) is 24.6 Å². The molecule has 1 heterocycles. The molecule has 0 fully saturated rings. The highest BCUT2D eigenvalue weighted by molar-refractivity contribution is 7.99. The van der Waals surface area contributed by atoms with Gasteiger partial charge in [0.1, 0.15) is 0 Å². The van der Waals surface area contributed by atoms with E-state index >= 15 is 0 Å². The highest BCUT2D eigenvalue weighted by Gasteiger charge is 2.08. The Balaban J connectivity index is 2.51. The van der Waals surface area contributed by atoms with E-state index in [4.69, 9.17) is 0 Å². The molecule has 102 valence electrons. The zero-order valence-corrected chi connectivity index (χ0v) is 11.3. The summed E-state index contributed by atoms with van der Waals surface area (Å²) in [4.78, 5) is 25.7. The average molecular weight is 274 g/mol. The number of thioether (sulfide) groups is 1. The predicted molar refractivity (Wildman–Crippen MR) is 70.0 cm³/mol. The van der Waals surface area contributed by atoms with Crippen molar-refractivity contribution in [1.29, 1.82) is 0 Å². The number of nitrogens with one attached hydrogen (secondary N) is 2. The maximum atomic E-state index is 11.1.